The molecule has 23 heavy (non-hydrogen) atoms. The van der Waals surface area contributed by atoms with Crippen LogP contribution < -0.4 is 4.90 Å². The second-order valence-electron chi connectivity index (χ2n) is 5.97. The third-order valence-corrected chi connectivity index (χ3v) is 4.49. The number of nitrogens with zero attached hydrogens (tertiary/aromatic N) is 4. The van der Waals surface area contributed by atoms with Crippen molar-refractivity contribution in [2.45, 2.75) is 19.8 Å². The Bertz CT molecular complexity index is 896. The molecule has 4 rings (SSSR count). The van der Waals surface area contributed by atoms with E-state index >= 15 is 0 Å². The largest absolute Gasteiger partial charge is 0.481 e. The number of H-pyrrole nitrogens is 1. The van der Waals surface area contributed by atoms with Crippen LogP contribution in [-0.2, 0) is 4.79 Å². The summed E-state index contributed by atoms with van der Waals surface area (Å²) in [6.45, 7) is 3.31. The maximum atomic E-state index is 11.1. The monoisotopic (exact) mass is 311 g/mol. The van der Waals surface area contributed by atoms with E-state index in [1.165, 1.54) is 0 Å². The molecule has 7 heteroatoms. The fraction of sp³-hybridized carbons (Fsp3) is 0.375. The number of piperidine rings is 1. The predicted octanol–water partition coefficient (Wildman–Crippen LogP) is 2.12. The van der Waals surface area contributed by atoms with Crippen molar-refractivity contribution in [1.82, 2.24) is 19.9 Å². The van der Waals surface area contributed by atoms with Gasteiger partial charge in [0, 0.05) is 24.7 Å². The Balaban J connectivity index is 1.83. The van der Waals surface area contributed by atoms with Crippen LogP contribution in [0.1, 0.15) is 18.7 Å². The summed E-state index contributed by atoms with van der Waals surface area (Å²) >= 11 is 0. The number of pyridine rings is 1. The van der Waals surface area contributed by atoms with Gasteiger partial charge in [-0.2, -0.15) is 0 Å². The summed E-state index contributed by atoms with van der Waals surface area (Å²) in [4.78, 5) is 29.9. The van der Waals surface area contributed by atoms with Crippen LogP contribution in [0.15, 0.2) is 18.5 Å². The van der Waals surface area contributed by atoms with Crippen molar-refractivity contribution in [2.75, 3.05) is 18.0 Å². The zero-order chi connectivity index (χ0) is 16.0. The van der Waals surface area contributed by atoms with E-state index in [0.29, 0.717) is 31.6 Å². The minimum Gasteiger partial charge on any atom is -0.481 e. The van der Waals surface area contributed by atoms with Crippen molar-refractivity contribution in [1.29, 1.82) is 0 Å². The van der Waals surface area contributed by atoms with Gasteiger partial charge in [-0.3, -0.25) is 4.79 Å². The minimum atomic E-state index is -0.702. The topological polar surface area (TPSA) is 95.0 Å². The van der Waals surface area contributed by atoms with Crippen LogP contribution in [-0.4, -0.2) is 44.1 Å². The van der Waals surface area contributed by atoms with Crippen LogP contribution in [0.25, 0.3) is 21.9 Å². The molecular formula is C16H17N5O2. The van der Waals surface area contributed by atoms with Crippen molar-refractivity contribution in [3.05, 3.63) is 24.3 Å². The number of nitrogens with one attached hydrogen (secondary N) is 1. The maximum Gasteiger partial charge on any atom is 0.306 e. The highest BCUT2D eigenvalue weighted by atomic mass is 16.4. The molecule has 0 spiro atoms. The lowest BCUT2D eigenvalue weighted by atomic mass is 9.97. The van der Waals surface area contributed by atoms with Crippen LogP contribution >= 0.6 is 0 Å². The summed E-state index contributed by atoms with van der Waals surface area (Å²) in [6, 6.07) is 1.95. The van der Waals surface area contributed by atoms with Crippen LogP contribution in [0.5, 0.6) is 0 Å². The summed E-state index contributed by atoms with van der Waals surface area (Å²) < 4.78 is 0. The first-order valence-corrected chi connectivity index (χ1v) is 7.71. The first kappa shape index (κ1) is 13.9. The molecule has 0 unspecified atom stereocenters. The third kappa shape index (κ3) is 2.28. The Morgan fingerprint density at radius 3 is 2.87 bits per heavy atom. The molecule has 1 aliphatic rings. The molecule has 0 bridgehead atoms. The molecule has 3 aromatic rings. The number of rotatable bonds is 2. The van der Waals surface area contributed by atoms with Crippen LogP contribution in [0.2, 0.25) is 0 Å². The van der Waals surface area contributed by atoms with Gasteiger partial charge in [-0.05, 0) is 25.8 Å². The van der Waals surface area contributed by atoms with E-state index < -0.39 is 5.97 Å². The van der Waals surface area contributed by atoms with Crippen LogP contribution in [0, 0.1) is 12.8 Å². The zero-order valence-electron chi connectivity index (χ0n) is 12.8. The van der Waals surface area contributed by atoms with Gasteiger partial charge in [-0.1, -0.05) is 0 Å². The number of aliphatic carboxylic acids is 1. The molecule has 0 atom stereocenters. The summed E-state index contributed by atoms with van der Waals surface area (Å²) in [5.41, 5.74) is 1.63. The molecule has 1 aliphatic heterocycles. The van der Waals surface area contributed by atoms with E-state index in [0.717, 1.165) is 27.9 Å². The third-order valence-electron chi connectivity index (χ3n) is 4.49. The van der Waals surface area contributed by atoms with Gasteiger partial charge in [0.2, 0.25) is 0 Å². The number of hydrogen-bond acceptors (Lipinski definition) is 5. The molecule has 0 aromatic carbocycles. The lowest BCUT2D eigenvalue weighted by Crippen LogP contribution is -2.37. The van der Waals surface area contributed by atoms with E-state index in [4.69, 9.17) is 10.1 Å². The van der Waals surface area contributed by atoms with Crippen molar-refractivity contribution >= 4 is 33.7 Å². The molecule has 0 aliphatic carbocycles. The molecule has 0 amide bonds. The highest BCUT2D eigenvalue weighted by Crippen LogP contribution is 2.32. The Hall–Kier alpha value is -2.70. The Kier molecular flexibility index (Phi) is 3.14. The normalized spacial score (nSPS) is 16.3. The summed E-state index contributed by atoms with van der Waals surface area (Å²) in [5, 5.41) is 11.1. The number of carboxylic acid groups (broad SMARTS) is 1. The average Bonchev–Trinajstić information content (AvgIpc) is 3.02. The highest BCUT2D eigenvalue weighted by molar-refractivity contribution is 6.09. The van der Waals surface area contributed by atoms with E-state index in [1.807, 2.05) is 13.0 Å². The van der Waals surface area contributed by atoms with E-state index in [-0.39, 0.29) is 5.92 Å². The van der Waals surface area contributed by atoms with Gasteiger partial charge >= 0.3 is 5.97 Å². The van der Waals surface area contributed by atoms with Gasteiger partial charge in [0.1, 0.15) is 11.6 Å². The highest BCUT2D eigenvalue weighted by Gasteiger charge is 2.26. The number of aryl methyl sites for hydroxylation is 1. The molecule has 1 saturated heterocycles. The van der Waals surface area contributed by atoms with Crippen LogP contribution in [0.4, 0.5) is 5.82 Å². The zero-order valence-corrected chi connectivity index (χ0v) is 12.8. The number of aromatic nitrogens is 4. The van der Waals surface area contributed by atoms with Gasteiger partial charge in [0.15, 0.2) is 5.65 Å². The first-order chi connectivity index (χ1) is 11.1. The van der Waals surface area contributed by atoms with Gasteiger partial charge in [0.25, 0.3) is 0 Å². The van der Waals surface area contributed by atoms with Crippen molar-refractivity contribution in [3.63, 3.8) is 0 Å². The van der Waals surface area contributed by atoms with Crippen molar-refractivity contribution < 1.29 is 9.90 Å². The number of fused-ring (bicyclic) bond motifs is 3. The van der Waals surface area contributed by atoms with E-state index in [1.54, 1.807) is 12.4 Å². The quantitative estimate of drug-likeness (QED) is 0.752. The van der Waals surface area contributed by atoms with Crippen LogP contribution in [0.3, 0.4) is 0 Å². The second kappa shape index (κ2) is 5.19. The number of carboxylic acids is 1. The Morgan fingerprint density at radius 1 is 1.35 bits per heavy atom. The van der Waals surface area contributed by atoms with E-state index in [2.05, 4.69) is 19.9 Å². The lowest BCUT2D eigenvalue weighted by molar-refractivity contribution is -0.142. The fourth-order valence-corrected chi connectivity index (χ4v) is 3.30. The molecule has 2 N–H and O–H groups in total. The number of hydrogen-bond donors (Lipinski definition) is 2. The van der Waals surface area contributed by atoms with E-state index in [9.17, 15) is 4.79 Å². The molecule has 0 saturated carbocycles. The smallest absolute Gasteiger partial charge is 0.306 e. The molecular weight excluding hydrogens is 294 g/mol. The molecule has 118 valence electrons. The van der Waals surface area contributed by atoms with Gasteiger partial charge < -0.3 is 15.0 Å². The van der Waals surface area contributed by atoms with Crippen molar-refractivity contribution in [3.8, 4) is 0 Å². The van der Waals surface area contributed by atoms with Gasteiger partial charge in [-0.15, -0.1) is 0 Å². The number of carbonyl (C=O) groups is 1. The predicted molar refractivity (Wildman–Crippen MR) is 86.5 cm³/mol. The minimum absolute atomic E-state index is 0.254. The number of aromatic amines is 1. The number of anilines is 1. The standard InChI is InChI=1S/C16H17N5O2/c1-9-19-12-8-18-14-11(2-5-17-14)13(12)15(20-9)21-6-3-10(4-7-21)16(22)23/h2,5,8,10H,3-4,6-7H2,1H3,(H,19,20)(H,22,23). The lowest BCUT2D eigenvalue weighted by Gasteiger charge is -2.32. The summed E-state index contributed by atoms with van der Waals surface area (Å²) in [5.74, 6) is 0.747. The molecule has 4 heterocycles. The van der Waals surface area contributed by atoms with Crippen molar-refractivity contribution in [2.24, 2.45) is 5.92 Å². The Morgan fingerprint density at radius 2 is 2.13 bits per heavy atom. The summed E-state index contributed by atoms with van der Waals surface area (Å²) in [6.07, 6.45) is 4.82. The molecule has 7 nitrogen and oxygen atoms in total. The second-order valence-corrected chi connectivity index (χ2v) is 5.97. The summed E-state index contributed by atoms with van der Waals surface area (Å²) in [7, 11) is 0. The van der Waals surface area contributed by atoms with Gasteiger partial charge in [-0.25, -0.2) is 15.0 Å². The Labute approximate surface area is 132 Å². The van der Waals surface area contributed by atoms with Gasteiger partial charge in [0.05, 0.1) is 23.0 Å². The molecule has 0 radical (unpaired) electrons. The molecule has 1 fully saturated rings. The fourth-order valence-electron chi connectivity index (χ4n) is 3.30. The average molecular weight is 311 g/mol. The maximum absolute atomic E-state index is 11.1. The SMILES string of the molecule is Cc1nc(N2CCC(C(=O)O)CC2)c2c(cnc3nccc32)[nH]1. The first-order valence-electron chi connectivity index (χ1n) is 7.71. The molecule has 3 aromatic heterocycles.